The molecular formula is C9H14N5O3. The first-order valence-corrected chi connectivity index (χ1v) is 4.95. The Balaban J connectivity index is 2.80. The van der Waals surface area contributed by atoms with Crippen molar-refractivity contribution in [2.45, 2.75) is 13.1 Å². The Bertz CT molecular complexity index is 504. The highest BCUT2D eigenvalue weighted by Gasteiger charge is 2.12. The summed E-state index contributed by atoms with van der Waals surface area (Å²) in [6.07, 6.45) is 1.63. The SMILES string of the molecule is CC(NC(=O)CN(C)C)n1[c]n[nH]c(=O)c1=O. The highest BCUT2D eigenvalue weighted by Crippen LogP contribution is 1.93. The van der Waals surface area contributed by atoms with Gasteiger partial charge in [-0.05, 0) is 21.0 Å². The van der Waals surface area contributed by atoms with Gasteiger partial charge in [-0.3, -0.25) is 19.0 Å². The number of amides is 1. The third kappa shape index (κ3) is 3.52. The van der Waals surface area contributed by atoms with Crippen molar-refractivity contribution >= 4 is 5.91 Å². The third-order valence-corrected chi connectivity index (χ3v) is 1.95. The predicted molar refractivity (Wildman–Crippen MR) is 59.4 cm³/mol. The van der Waals surface area contributed by atoms with Crippen LogP contribution in [0.2, 0.25) is 0 Å². The molecule has 0 aliphatic rings. The van der Waals surface area contributed by atoms with Gasteiger partial charge in [-0.15, -0.1) is 5.10 Å². The van der Waals surface area contributed by atoms with Crippen molar-refractivity contribution < 1.29 is 4.79 Å². The minimum Gasteiger partial charge on any atom is -0.335 e. The van der Waals surface area contributed by atoms with E-state index in [-0.39, 0.29) is 12.5 Å². The van der Waals surface area contributed by atoms with E-state index in [0.717, 1.165) is 4.57 Å². The van der Waals surface area contributed by atoms with Crippen LogP contribution in [0.5, 0.6) is 0 Å². The van der Waals surface area contributed by atoms with E-state index in [2.05, 4.69) is 16.7 Å². The summed E-state index contributed by atoms with van der Waals surface area (Å²) in [5.41, 5.74) is -1.66. The number of nitrogens with zero attached hydrogens (tertiary/aromatic N) is 3. The molecule has 0 bridgehead atoms. The zero-order valence-corrected chi connectivity index (χ0v) is 9.85. The van der Waals surface area contributed by atoms with E-state index in [1.165, 1.54) is 0 Å². The number of likely N-dealkylation sites (N-methyl/N-ethyl adjacent to an activating group) is 1. The van der Waals surface area contributed by atoms with E-state index in [1.807, 2.05) is 5.10 Å². The molecule has 8 nitrogen and oxygen atoms in total. The molecule has 1 unspecified atom stereocenters. The molecule has 93 valence electrons. The minimum atomic E-state index is -0.850. The van der Waals surface area contributed by atoms with Crippen molar-refractivity contribution in [2.24, 2.45) is 0 Å². The number of carbonyl (C=O) groups is 1. The number of hydrogen-bond donors (Lipinski definition) is 2. The maximum absolute atomic E-state index is 11.4. The molecule has 0 aromatic carbocycles. The summed E-state index contributed by atoms with van der Waals surface area (Å²) in [5, 5.41) is 7.89. The lowest BCUT2D eigenvalue weighted by Gasteiger charge is -2.16. The van der Waals surface area contributed by atoms with E-state index < -0.39 is 17.3 Å². The van der Waals surface area contributed by atoms with Crippen LogP contribution in [0.15, 0.2) is 9.59 Å². The molecule has 1 atom stereocenters. The van der Waals surface area contributed by atoms with Crippen molar-refractivity contribution in [1.29, 1.82) is 0 Å². The Hall–Kier alpha value is -1.96. The number of aromatic amines is 1. The summed E-state index contributed by atoms with van der Waals surface area (Å²) in [7, 11) is 3.49. The maximum atomic E-state index is 11.4. The second-order valence-electron chi connectivity index (χ2n) is 3.81. The quantitative estimate of drug-likeness (QED) is 0.589. The van der Waals surface area contributed by atoms with Crippen LogP contribution in [0, 0.1) is 6.33 Å². The van der Waals surface area contributed by atoms with E-state index in [9.17, 15) is 14.4 Å². The molecule has 1 amide bonds. The van der Waals surface area contributed by atoms with E-state index >= 15 is 0 Å². The van der Waals surface area contributed by atoms with Crippen LogP contribution in [0.1, 0.15) is 13.1 Å². The Morgan fingerprint density at radius 3 is 2.82 bits per heavy atom. The van der Waals surface area contributed by atoms with Crippen LogP contribution in [0.3, 0.4) is 0 Å². The van der Waals surface area contributed by atoms with Gasteiger partial charge in [-0.25, -0.2) is 5.10 Å². The molecule has 1 heterocycles. The summed E-state index contributed by atoms with van der Waals surface area (Å²) in [6, 6.07) is 0. The second kappa shape index (κ2) is 5.39. The number of nitrogens with one attached hydrogen (secondary N) is 2. The largest absolute Gasteiger partial charge is 0.335 e. The number of carbonyl (C=O) groups excluding carboxylic acids is 1. The lowest BCUT2D eigenvalue weighted by atomic mass is 10.4. The van der Waals surface area contributed by atoms with E-state index in [1.54, 1.807) is 25.9 Å². The Kier molecular flexibility index (Phi) is 4.16. The second-order valence-corrected chi connectivity index (χ2v) is 3.81. The number of rotatable bonds is 4. The molecule has 0 spiro atoms. The molecular weight excluding hydrogens is 226 g/mol. The van der Waals surface area contributed by atoms with Gasteiger partial charge in [0, 0.05) is 0 Å². The summed E-state index contributed by atoms with van der Waals surface area (Å²) in [5.74, 6) is -0.261. The van der Waals surface area contributed by atoms with Crippen LogP contribution in [-0.4, -0.2) is 46.2 Å². The summed E-state index contributed by atoms with van der Waals surface area (Å²) in [6.45, 7) is 1.75. The Morgan fingerprint density at radius 1 is 1.59 bits per heavy atom. The van der Waals surface area contributed by atoms with Gasteiger partial charge >= 0.3 is 11.1 Å². The third-order valence-electron chi connectivity index (χ3n) is 1.95. The molecule has 1 rings (SSSR count). The molecule has 0 saturated heterocycles. The smallest absolute Gasteiger partial charge is 0.330 e. The van der Waals surface area contributed by atoms with Gasteiger partial charge in [0.05, 0.1) is 6.54 Å². The first kappa shape index (κ1) is 13.1. The Morgan fingerprint density at radius 2 is 2.24 bits per heavy atom. The van der Waals surface area contributed by atoms with Gasteiger partial charge in [0.2, 0.25) is 12.2 Å². The fourth-order valence-electron chi connectivity index (χ4n) is 1.23. The van der Waals surface area contributed by atoms with Crippen molar-refractivity contribution in [1.82, 2.24) is 25.0 Å². The van der Waals surface area contributed by atoms with Gasteiger partial charge in [-0.2, -0.15) is 0 Å². The first-order chi connectivity index (χ1) is 7.91. The van der Waals surface area contributed by atoms with E-state index in [0.29, 0.717) is 0 Å². The fraction of sp³-hybridized carbons (Fsp3) is 0.556. The molecule has 0 fully saturated rings. The summed E-state index contributed by atoms with van der Waals surface area (Å²) >= 11 is 0. The van der Waals surface area contributed by atoms with Crippen LogP contribution >= 0.6 is 0 Å². The van der Waals surface area contributed by atoms with Gasteiger partial charge in [0.15, 0.2) is 0 Å². The zero-order valence-electron chi connectivity index (χ0n) is 9.85. The zero-order chi connectivity index (χ0) is 13.0. The standard InChI is InChI=1S/C9H14N5O3/c1-6(11-7(15)4-13(2)3)14-5-10-12-8(16)9(14)17/h6H,4H2,1-3H3,(H,11,15)(H,12,16). The molecule has 1 aromatic rings. The number of aromatic nitrogens is 3. The molecule has 0 aliphatic carbocycles. The average molecular weight is 240 g/mol. The Labute approximate surface area is 97.3 Å². The normalized spacial score (nSPS) is 12.5. The highest BCUT2D eigenvalue weighted by atomic mass is 16.2. The molecule has 1 radical (unpaired) electrons. The summed E-state index contributed by atoms with van der Waals surface area (Å²) < 4.78 is 0.937. The highest BCUT2D eigenvalue weighted by molar-refractivity contribution is 5.78. The molecule has 17 heavy (non-hydrogen) atoms. The topological polar surface area (TPSA) is 100 Å². The summed E-state index contributed by atoms with van der Waals surface area (Å²) in [4.78, 5) is 35.5. The molecule has 2 N–H and O–H groups in total. The van der Waals surface area contributed by atoms with Gasteiger partial charge in [-0.1, -0.05) is 0 Å². The van der Waals surface area contributed by atoms with Gasteiger partial charge < -0.3 is 10.2 Å². The average Bonchev–Trinajstić information content (AvgIpc) is 2.20. The van der Waals surface area contributed by atoms with Crippen molar-refractivity contribution in [3.63, 3.8) is 0 Å². The molecule has 0 saturated carbocycles. The molecule has 0 aliphatic heterocycles. The van der Waals surface area contributed by atoms with Crippen LogP contribution < -0.4 is 16.4 Å². The van der Waals surface area contributed by atoms with Crippen LogP contribution in [-0.2, 0) is 4.79 Å². The monoisotopic (exact) mass is 240 g/mol. The van der Waals surface area contributed by atoms with Gasteiger partial charge in [0.25, 0.3) is 0 Å². The fourth-order valence-corrected chi connectivity index (χ4v) is 1.23. The molecule has 8 heteroatoms. The lowest BCUT2D eigenvalue weighted by molar-refractivity contribution is -0.122. The number of H-pyrrole nitrogens is 1. The minimum absolute atomic E-state index is 0.190. The first-order valence-electron chi connectivity index (χ1n) is 4.95. The lowest BCUT2D eigenvalue weighted by Crippen LogP contribution is -2.44. The van der Waals surface area contributed by atoms with Crippen molar-refractivity contribution in [2.75, 3.05) is 20.6 Å². The maximum Gasteiger partial charge on any atom is 0.330 e. The van der Waals surface area contributed by atoms with Crippen LogP contribution in [0.25, 0.3) is 0 Å². The molecule has 1 aromatic heterocycles. The van der Waals surface area contributed by atoms with Crippen molar-refractivity contribution in [3.05, 3.63) is 27.0 Å². The number of hydrogen-bond acceptors (Lipinski definition) is 5. The van der Waals surface area contributed by atoms with Crippen molar-refractivity contribution in [3.8, 4) is 0 Å². The van der Waals surface area contributed by atoms with Crippen LogP contribution in [0.4, 0.5) is 0 Å². The van der Waals surface area contributed by atoms with E-state index in [4.69, 9.17) is 0 Å². The van der Waals surface area contributed by atoms with Gasteiger partial charge in [0.1, 0.15) is 6.17 Å². The predicted octanol–water partition coefficient (Wildman–Crippen LogP) is -2.07.